The Balaban J connectivity index is 2.46. The average Bonchev–Trinajstić information content (AvgIpc) is 2.28. The van der Waals surface area contributed by atoms with Crippen LogP contribution in [0, 0.1) is 0 Å². The van der Waals surface area contributed by atoms with Gasteiger partial charge in [0.1, 0.15) is 5.69 Å². The third-order valence-corrected chi connectivity index (χ3v) is 3.79. The third-order valence-electron chi connectivity index (χ3n) is 2.42. The number of aromatic nitrogens is 1. The first-order valence-electron chi connectivity index (χ1n) is 5.30. The fourth-order valence-electron chi connectivity index (χ4n) is 1.23. The van der Waals surface area contributed by atoms with Gasteiger partial charge in [0.05, 0.1) is 0 Å². The summed E-state index contributed by atoms with van der Waals surface area (Å²) in [5, 5.41) is 2.71. The Labute approximate surface area is 102 Å². The van der Waals surface area contributed by atoms with Crippen molar-refractivity contribution in [2.24, 2.45) is 0 Å². The molecule has 0 aromatic carbocycles. The van der Waals surface area contributed by atoms with Crippen molar-refractivity contribution in [2.45, 2.75) is 18.6 Å². The summed E-state index contributed by atoms with van der Waals surface area (Å²) in [7, 11) is -0.882. The molecule has 1 aromatic heterocycles. The second-order valence-corrected chi connectivity index (χ2v) is 5.58. The molecule has 0 aliphatic heterocycles. The van der Waals surface area contributed by atoms with Crippen LogP contribution in [0.2, 0.25) is 0 Å². The van der Waals surface area contributed by atoms with E-state index in [0.717, 1.165) is 0 Å². The lowest BCUT2D eigenvalue weighted by molar-refractivity contribution is 0.0948. The Morgan fingerprint density at radius 2 is 2.24 bits per heavy atom. The van der Waals surface area contributed by atoms with Gasteiger partial charge in [-0.05, 0) is 12.5 Å². The molecule has 1 rings (SSSR count). The minimum absolute atomic E-state index is 0.0464. The van der Waals surface area contributed by atoms with E-state index < -0.39 is 10.8 Å². The molecule has 1 aromatic rings. The summed E-state index contributed by atoms with van der Waals surface area (Å²) in [5.41, 5.74) is -0.0662. The van der Waals surface area contributed by atoms with Crippen molar-refractivity contribution in [3.8, 4) is 0 Å². The molecular formula is C11H16N2O3S. The predicted molar refractivity (Wildman–Crippen MR) is 67.5 cm³/mol. The number of amides is 1. The van der Waals surface area contributed by atoms with Crippen LogP contribution in [0.15, 0.2) is 23.0 Å². The maximum Gasteiger partial charge on any atom is 0.267 e. The number of hydrogen-bond donors (Lipinski definition) is 2. The molecule has 0 saturated carbocycles. The van der Waals surface area contributed by atoms with E-state index in [9.17, 15) is 13.8 Å². The standard InChI is InChI=1S/C11H16N2O3S/c1-8(17(2)16)6-7-12-11(15)9-4-3-5-10(14)13-9/h3-5,8H,6-7H2,1-2H3,(H,12,15)(H,13,14). The lowest BCUT2D eigenvalue weighted by atomic mass is 10.3. The molecule has 0 aliphatic carbocycles. The topological polar surface area (TPSA) is 79.0 Å². The van der Waals surface area contributed by atoms with Crippen molar-refractivity contribution in [3.63, 3.8) is 0 Å². The number of pyridine rings is 1. The number of nitrogens with one attached hydrogen (secondary N) is 2. The van der Waals surface area contributed by atoms with Crippen LogP contribution in [0.25, 0.3) is 0 Å². The molecule has 94 valence electrons. The average molecular weight is 256 g/mol. The second kappa shape index (κ2) is 6.34. The number of rotatable bonds is 5. The predicted octanol–water partition coefficient (Wildman–Crippen LogP) is 0.262. The van der Waals surface area contributed by atoms with Gasteiger partial charge in [0.25, 0.3) is 5.91 Å². The zero-order chi connectivity index (χ0) is 12.8. The van der Waals surface area contributed by atoms with E-state index in [1.54, 1.807) is 6.26 Å². The smallest absolute Gasteiger partial charge is 0.267 e. The largest absolute Gasteiger partial charge is 0.351 e. The highest BCUT2D eigenvalue weighted by atomic mass is 32.2. The van der Waals surface area contributed by atoms with Gasteiger partial charge in [0.2, 0.25) is 5.56 Å². The molecule has 1 heterocycles. The SMILES string of the molecule is CC(CCNC(=O)c1cccc(=O)[nH]1)S(C)=O. The molecule has 2 N–H and O–H groups in total. The summed E-state index contributed by atoms with van der Waals surface area (Å²) in [4.78, 5) is 25.0. The summed E-state index contributed by atoms with van der Waals surface area (Å²) in [6.07, 6.45) is 2.28. The van der Waals surface area contributed by atoms with Gasteiger partial charge in [-0.15, -0.1) is 0 Å². The summed E-state index contributed by atoms with van der Waals surface area (Å²) in [6.45, 7) is 2.31. The van der Waals surface area contributed by atoms with Gasteiger partial charge in [-0.3, -0.25) is 13.8 Å². The van der Waals surface area contributed by atoms with Crippen molar-refractivity contribution < 1.29 is 9.00 Å². The fraction of sp³-hybridized carbons (Fsp3) is 0.455. The van der Waals surface area contributed by atoms with Gasteiger partial charge in [-0.1, -0.05) is 13.0 Å². The number of carbonyl (C=O) groups excluding carboxylic acids is 1. The van der Waals surface area contributed by atoms with Crippen molar-refractivity contribution in [2.75, 3.05) is 12.8 Å². The molecule has 0 fully saturated rings. The van der Waals surface area contributed by atoms with Gasteiger partial charge in [-0.25, -0.2) is 0 Å². The molecule has 0 bridgehead atoms. The molecule has 2 atom stereocenters. The van der Waals surface area contributed by atoms with E-state index in [-0.39, 0.29) is 22.4 Å². The van der Waals surface area contributed by atoms with Crippen LogP contribution in [0.5, 0.6) is 0 Å². The lowest BCUT2D eigenvalue weighted by Gasteiger charge is -2.09. The van der Waals surface area contributed by atoms with Crippen LogP contribution < -0.4 is 10.9 Å². The zero-order valence-electron chi connectivity index (χ0n) is 9.86. The van der Waals surface area contributed by atoms with Crippen molar-refractivity contribution in [1.82, 2.24) is 10.3 Å². The van der Waals surface area contributed by atoms with E-state index in [1.165, 1.54) is 18.2 Å². The molecule has 5 nitrogen and oxygen atoms in total. The minimum atomic E-state index is -0.882. The molecule has 6 heteroatoms. The molecule has 2 unspecified atom stereocenters. The Kier molecular flexibility index (Phi) is 5.09. The third kappa shape index (κ3) is 4.52. The first-order valence-corrected chi connectivity index (χ1v) is 6.92. The molecular weight excluding hydrogens is 240 g/mol. The quantitative estimate of drug-likeness (QED) is 0.793. The Bertz CT molecular complexity index is 470. The number of carbonyl (C=O) groups is 1. The van der Waals surface area contributed by atoms with Crippen LogP contribution in [0.3, 0.4) is 0 Å². The Morgan fingerprint density at radius 1 is 1.53 bits per heavy atom. The van der Waals surface area contributed by atoms with Crippen LogP contribution in [-0.4, -0.2) is 33.2 Å². The summed E-state index contributed by atoms with van der Waals surface area (Å²) in [5.74, 6) is -0.322. The van der Waals surface area contributed by atoms with Crippen LogP contribution in [0.1, 0.15) is 23.8 Å². The van der Waals surface area contributed by atoms with Crippen molar-refractivity contribution in [1.29, 1.82) is 0 Å². The first-order chi connectivity index (χ1) is 8.00. The van der Waals surface area contributed by atoms with E-state index in [4.69, 9.17) is 0 Å². The van der Waals surface area contributed by atoms with Crippen molar-refractivity contribution in [3.05, 3.63) is 34.2 Å². The highest BCUT2D eigenvalue weighted by molar-refractivity contribution is 7.84. The normalized spacial score (nSPS) is 14.0. The van der Waals surface area contributed by atoms with Gasteiger partial charge < -0.3 is 10.3 Å². The monoisotopic (exact) mass is 256 g/mol. The molecule has 0 spiro atoms. The Hall–Kier alpha value is -1.43. The summed E-state index contributed by atoms with van der Waals surface area (Å²) < 4.78 is 11.1. The zero-order valence-corrected chi connectivity index (χ0v) is 10.7. The van der Waals surface area contributed by atoms with Gasteiger partial charge in [-0.2, -0.15) is 0 Å². The highest BCUT2D eigenvalue weighted by Crippen LogP contribution is 1.98. The van der Waals surface area contributed by atoms with Gasteiger partial charge >= 0.3 is 0 Å². The van der Waals surface area contributed by atoms with E-state index >= 15 is 0 Å². The second-order valence-electron chi connectivity index (χ2n) is 3.78. The number of aromatic amines is 1. The lowest BCUT2D eigenvalue weighted by Crippen LogP contribution is -2.29. The Morgan fingerprint density at radius 3 is 2.82 bits per heavy atom. The van der Waals surface area contributed by atoms with Crippen LogP contribution in [0.4, 0.5) is 0 Å². The molecule has 17 heavy (non-hydrogen) atoms. The summed E-state index contributed by atoms with van der Waals surface area (Å²) in [6, 6.07) is 4.41. The van der Waals surface area contributed by atoms with Gasteiger partial charge in [0, 0.05) is 34.9 Å². The van der Waals surface area contributed by atoms with Crippen LogP contribution >= 0.6 is 0 Å². The summed E-state index contributed by atoms with van der Waals surface area (Å²) >= 11 is 0. The first kappa shape index (κ1) is 13.6. The van der Waals surface area contributed by atoms with E-state index in [1.807, 2.05) is 6.92 Å². The van der Waals surface area contributed by atoms with E-state index in [0.29, 0.717) is 13.0 Å². The van der Waals surface area contributed by atoms with Crippen molar-refractivity contribution >= 4 is 16.7 Å². The maximum atomic E-state index is 11.6. The number of H-pyrrole nitrogens is 1. The minimum Gasteiger partial charge on any atom is -0.351 e. The molecule has 0 aliphatic rings. The molecule has 0 saturated heterocycles. The van der Waals surface area contributed by atoms with Crippen LogP contribution in [-0.2, 0) is 10.8 Å². The molecule has 1 amide bonds. The fourth-order valence-corrected chi connectivity index (χ4v) is 1.68. The van der Waals surface area contributed by atoms with Gasteiger partial charge in [0.15, 0.2) is 0 Å². The number of hydrogen-bond acceptors (Lipinski definition) is 3. The van der Waals surface area contributed by atoms with E-state index in [2.05, 4.69) is 10.3 Å². The maximum absolute atomic E-state index is 11.6. The molecule has 0 radical (unpaired) electrons. The highest BCUT2D eigenvalue weighted by Gasteiger charge is 2.08.